The normalized spacial score (nSPS) is 28.4. The van der Waals surface area contributed by atoms with Gasteiger partial charge >= 0.3 is 5.97 Å². The van der Waals surface area contributed by atoms with E-state index in [1.807, 2.05) is 0 Å². The van der Waals surface area contributed by atoms with E-state index in [9.17, 15) is 4.79 Å². The molecule has 0 aromatic heterocycles. The number of aliphatic carboxylic acids is 1. The Kier molecular flexibility index (Phi) is 4.18. The van der Waals surface area contributed by atoms with Gasteiger partial charge in [0.05, 0.1) is 5.92 Å². The third-order valence-electron chi connectivity index (χ3n) is 3.80. The molecular weight excluding hydrogens is 204 g/mol. The first-order valence-corrected chi connectivity index (χ1v) is 6.43. The Balaban J connectivity index is 1.65. The fourth-order valence-corrected chi connectivity index (χ4v) is 2.70. The van der Waals surface area contributed by atoms with E-state index in [4.69, 9.17) is 5.11 Å². The zero-order valence-electron chi connectivity index (χ0n) is 9.90. The van der Waals surface area contributed by atoms with Gasteiger partial charge in [-0.05, 0) is 38.9 Å². The lowest BCUT2D eigenvalue weighted by Gasteiger charge is -2.28. The average Bonchev–Trinajstić information content (AvgIpc) is 2.76. The van der Waals surface area contributed by atoms with Crippen LogP contribution in [0.15, 0.2) is 0 Å². The third kappa shape index (κ3) is 3.19. The summed E-state index contributed by atoms with van der Waals surface area (Å²) in [5, 5.41) is 8.91. The Morgan fingerprint density at radius 1 is 1.06 bits per heavy atom. The molecule has 0 bridgehead atoms. The van der Waals surface area contributed by atoms with Crippen molar-refractivity contribution >= 4 is 5.97 Å². The van der Waals surface area contributed by atoms with Crippen molar-refractivity contribution in [1.29, 1.82) is 0 Å². The number of rotatable bonds is 4. The van der Waals surface area contributed by atoms with Gasteiger partial charge in [-0.15, -0.1) is 0 Å². The van der Waals surface area contributed by atoms with Crippen LogP contribution < -0.4 is 0 Å². The topological polar surface area (TPSA) is 43.8 Å². The lowest BCUT2D eigenvalue weighted by atomic mass is 10.1. The van der Waals surface area contributed by atoms with Crippen molar-refractivity contribution in [2.45, 2.75) is 25.7 Å². The molecule has 1 unspecified atom stereocenters. The highest BCUT2D eigenvalue weighted by molar-refractivity contribution is 5.70. The van der Waals surface area contributed by atoms with Crippen LogP contribution in [0, 0.1) is 5.92 Å². The Morgan fingerprint density at radius 3 is 2.38 bits per heavy atom. The van der Waals surface area contributed by atoms with E-state index in [2.05, 4.69) is 9.80 Å². The molecule has 0 aromatic rings. The first-order chi connectivity index (χ1) is 7.75. The van der Waals surface area contributed by atoms with Gasteiger partial charge in [-0.25, -0.2) is 0 Å². The van der Waals surface area contributed by atoms with Crippen LogP contribution in [-0.2, 0) is 4.79 Å². The molecule has 16 heavy (non-hydrogen) atoms. The van der Waals surface area contributed by atoms with E-state index in [1.165, 1.54) is 32.4 Å². The van der Waals surface area contributed by atoms with Crippen LogP contribution in [0.4, 0.5) is 0 Å². The summed E-state index contributed by atoms with van der Waals surface area (Å²) in [4.78, 5) is 15.6. The smallest absolute Gasteiger partial charge is 0.307 e. The van der Waals surface area contributed by atoms with Crippen LogP contribution in [-0.4, -0.2) is 60.1 Å². The molecule has 0 aliphatic carbocycles. The lowest BCUT2D eigenvalue weighted by molar-refractivity contribution is -0.141. The molecule has 4 nitrogen and oxygen atoms in total. The van der Waals surface area contributed by atoms with Gasteiger partial charge in [-0.3, -0.25) is 4.79 Å². The molecule has 0 aromatic carbocycles. The number of hydrogen-bond donors (Lipinski definition) is 1. The lowest BCUT2D eigenvalue weighted by Crippen LogP contribution is -2.37. The molecule has 2 rings (SSSR count). The van der Waals surface area contributed by atoms with Crippen molar-refractivity contribution in [3.8, 4) is 0 Å². The van der Waals surface area contributed by atoms with Gasteiger partial charge in [0, 0.05) is 19.6 Å². The minimum absolute atomic E-state index is 0.124. The number of carbonyl (C=O) groups is 1. The monoisotopic (exact) mass is 226 g/mol. The SMILES string of the molecule is O=C(O)C1CCN(CCN2CCCCC2)C1. The summed E-state index contributed by atoms with van der Waals surface area (Å²) in [6, 6.07) is 0. The summed E-state index contributed by atoms with van der Waals surface area (Å²) < 4.78 is 0. The van der Waals surface area contributed by atoms with Gasteiger partial charge in [0.25, 0.3) is 0 Å². The highest BCUT2D eigenvalue weighted by Crippen LogP contribution is 2.16. The predicted molar refractivity (Wildman–Crippen MR) is 62.5 cm³/mol. The molecule has 92 valence electrons. The van der Waals surface area contributed by atoms with Gasteiger partial charge in [0.1, 0.15) is 0 Å². The molecule has 1 N–H and O–H groups in total. The minimum atomic E-state index is -0.625. The summed E-state index contributed by atoms with van der Waals surface area (Å²) in [6.45, 7) is 6.34. The number of carboxylic acid groups (broad SMARTS) is 1. The van der Waals surface area contributed by atoms with Crippen molar-refractivity contribution in [2.24, 2.45) is 5.92 Å². The van der Waals surface area contributed by atoms with Gasteiger partial charge in [-0.1, -0.05) is 6.42 Å². The fraction of sp³-hybridized carbons (Fsp3) is 0.917. The zero-order valence-corrected chi connectivity index (χ0v) is 9.90. The van der Waals surface area contributed by atoms with Crippen molar-refractivity contribution in [1.82, 2.24) is 9.80 Å². The predicted octanol–water partition coefficient (Wildman–Crippen LogP) is 0.879. The molecule has 2 heterocycles. The summed E-state index contributed by atoms with van der Waals surface area (Å²) in [5.41, 5.74) is 0. The standard InChI is InChI=1S/C12H22N2O2/c15-12(16)11-4-7-14(10-11)9-8-13-5-2-1-3-6-13/h11H,1-10H2,(H,15,16). The molecule has 2 aliphatic rings. The summed E-state index contributed by atoms with van der Waals surface area (Å²) in [5.74, 6) is -0.748. The van der Waals surface area contributed by atoms with E-state index in [1.54, 1.807) is 0 Å². The molecule has 2 aliphatic heterocycles. The molecule has 0 saturated carbocycles. The van der Waals surface area contributed by atoms with Crippen molar-refractivity contribution < 1.29 is 9.90 Å². The van der Waals surface area contributed by atoms with Crippen molar-refractivity contribution in [3.63, 3.8) is 0 Å². The Morgan fingerprint density at radius 2 is 1.75 bits per heavy atom. The molecule has 2 fully saturated rings. The molecule has 4 heteroatoms. The quantitative estimate of drug-likeness (QED) is 0.773. The second kappa shape index (κ2) is 5.64. The van der Waals surface area contributed by atoms with Crippen LogP contribution in [0.25, 0.3) is 0 Å². The second-order valence-electron chi connectivity index (χ2n) is 5.03. The number of carboxylic acids is 1. The minimum Gasteiger partial charge on any atom is -0.481 e. The van der Waals surface area contributed by atoms with E-state index in [0.29, 0.717) is 0 Å². The number of nitrogens with zero attached hydrogens (tertiary/aromatic N) is 2. The van der Waals surface area contributed by atoms with Gasteiger partial charge < -0.3 is 14.9 Å². The van der Waals surface area contributed by atoms with Crippen LogP contribution in [0.5, 0.6) is 0 Å². The Labute approximate surface area is 97.2 Å². The molecule has 0 spiro atoms. The van der Waals surface area contributed by atoms with Crippen molar-refractivity contribution in [3.05, 3.63) is 0 Å². The van der Waals surface area contributed by atoms with Crippen LogP contribution in [0.1, 0.15) is 25.7 Å². The second-order valence-corrected chi connectivity index (χ2v) is 5.03. The Hall–Kier alpha value is -0.610. The Bertz CT molecular complexity index is 239. The maximum absolute atomic E-state index is 10.8. The third-order valence-corrected chi connectivity index (χ3v) is 3.80. The van der Waals surface area contributed by atoms with Gasteiger partial charge in [0.2, 0.25) is 0 Å². The van der Waals surface area contributed by atoms with Gasteiger partial charge in [0.15, 0.2) is 0 Å². The van der Waals surface area contributed by atoms with Crippen molar-refractivity contribution in [2.75, 3.05) is 39.3 Å². The van der Waals surface area contributed by atoms with E-state index >= 15 is 0 Å². The molecule has 0 amide bonds. The zero-order chi connectivity index (χ0) is 11.4. The van der Waals surface area contributed by atoms with Gasteiger partial charge in [-0.2, -0.15) is 0 Å². The van der Waals surface area contributed by atoms with E-state index in [0.717, 1.165) is 32.6 Å². The summed E-state index contributed by atoms with van der Waals surface area (Å²) >= 11 is 0. The molecule has 1 atom stereocenters. The maximum Gasteiger partial charge on any atom is 0.307 e. The highest BCUT2D eigenvalue weighted by Gasteiger charge is 2.27. The average molecular weight is 226 g/mol. The number of piperidine rings is 1. The summed E-state index contributed by atoms with van der Waals surface area (Å²) in [7, 11) is 0. The summed E-state index contributed by atoms with van der Waals surface area (Å²) in [6.07, 6.45) is 4.87. The molecular formula is C12H22N2O2. The van der Waals surface area contributed by atoms with E-state index in [-0.39, 0.29) is 5.92 Å². The van der Waals surface area contributed by atoms with Crippen LogP contribution >= 0.6 is 0 Å². The number of hydrogen-bond acceptors (Lipinski definition) is 3. The first kappa shape index (κ1) is 11.9. The molecule has 0 radical (unpaired) electrons. The largest absolute Gasteiger partial charge is 0.481 e. The maximum atomic E-state index is 10.8. The number of likely N-dealkylation sites (tertiary alicyclic amines) is 2. The fourth-order valence-electron chi connectivity index (χ4n) is 2.70. The first-order valence-electron chi connectivity index (χ1n) is 6.43. The van der Waals surface area contributed by atoms with E-state index < -0.39 is 5.97 Å². The van der Waals surface area contributed by atoms with Crippen LogP contribution in [0.3, 0.4) is 0 Å². The molecule has 2 saturated heterocycles. The van der Waals surface area contributed by atoms with Crippen LogP contribution in [0.2, 0.25) is 0 Å². The highest BCUT2D eigenvalue weighted by atomic mass is 16.4.